The second-order valence-electron chi connectivity index (χ2n) is 9.08. The van der Waals surface area contributed by atoms with E-state index in [2.05, 4.69) is 61.9 Å². The SMILES string of the molecule is CCC(c1ccccc1)c1cn([P+](N2CCCC2)(N2CCCC2)N2CCCC2O)nn1. The average molecular weight is 444 g/mol. The fraction of sp³-hybridized carbons (Fsp3) is 0.652. The number of aromatic nitrogens is 3. The van der Waals surface area contributed by atoms with E-state index in [1.165, 1.54) is 31.2 Å². The predicted molar refractivity (Wildman–Crippen MR) is 124 cm³/mol. The summed E-state index contributed by atoms with van der Waals surface area (Å²) in [6.45, 7) is 7.49. The van der Waals surface area contributed by atoms with Gasteiger partial charge in [-0.1, -0.05) is 46.4 Å². The number of rotatable bonds is 7. The van der Waals surface area contributed by atoms with Gasteiger partial charge in [-0.3, -0.25) is 0 Å². The molecule has 31 heavy (non-hydrogen) atoms. The maximum atomic E-state index is 11.1. The Morgan fingerprint density at radius 1 is 0.968 bits per heavy atom. The van der Waals surface area contributed by atoms with E-state index >= 15 is 0 Å². The second-order valence-corrected chi connectivity index (χ2v) is 12.2. The average Bonchev–Trinajstić information content (AvgIpc) is 3.61. The molecule has 0 aliphatic carbocycles. The van der Waals surface area contributed by atoms with E-state index in [1.807, 2.05) is 0 Å². The summed E-state index contributed by atoms with van der Waals surface area (Å²) in [5.74, 6) is 0.248. The van der Waals surface area contributed by atoms with Crippen molar-refractivity contribution in [3.63, 3.8) is 0 Å². The molecule has 1 aromatic heterocycles. The lowest BCUT2D eigenvalue weighted by Crippen LogP contribution is -2.48. The topological polar surface area (TPSA) is 60.7 Å². The fourth-order valence-electron chi connectivity index (χ4n) is 5.72. The Bertz CT molecular complexity index is 833. The first kappa shape index (κ1) is 21.5. The monoisotopic (exact) mass is 443 g/mol. The summed E-state index contributed by atoms with van der Waals surface area (Å²) < 4.78 is 9.94. The number of nitrogens with zero attached hydrogens (tertiary/aromatic N) is 6. The van der Waals surface area contributed by atoms with Gasteiger partial charge in [-0.05, 0) is 55.7 Å². The van der Waals surface area contributed by atoms with Crippen LogP contribution in [-0.2, 0) is 0 Å². The Balaban J connectivity index is 1.60. The maximum absolute atomic E-state index is 11.1. The van der Waals surface area contributed by atoms with Gasteiger partial charge >= 0.3 is 7.87 Å². The molecule has 3 fully saturated rings. The predicted octanol–water partition coefficient (Wildman–Crippen LogP) is 3.95. The van der Waals surface area contributed by atoms with Gasteiger partial charge in [-0.2, -0.15) is 0 Å². The van der Waals surface area contributed by atoms with Crippen molar-refractivity contribution < 1.29 is 5.11 Å². The van der Waals surface area contributed by atoms with Crippen LogP contribution < -0.4 is 0 Å². The van der Waals surface area contributed by atoms with Crippen LogP contribution in [0.1, 0.15) is 69.0 Å². The van der Waals surface area contributed by atoms with Crippen molar-refractivity contribution in [3.05, 3.63) is 47.8 Å². The van der Waals surface area contributed by atoms with Crippen molar-refractivity contribution in [1.29, 1.82) is 0 Å². The van der Waals surface area contributed by atoms with Crippen LogP contribution in [0.4, 0.5) is 0 Å². The van der Waals surface area contributed by atoms with E-state index in [-0.39, 0.29) is 5.92 Å². The molecule has 0 spiro atoms. The van der Waals surface area contributed by atoms with Gasteiger partial charge in [0.25, 0.3) is 0 Å². The summed E-state index contributed by atoms with van der Waals surface area (Å²) in [6, 6.07) is 10.7. The van der Waals surface area contributed by atoms with Crippen LogP contribution in [-0.4, -0.2) is 72.8 Å². The van der Waals surface area contributed by atoms with E-state index in [0.717, 1.165) is 57.7 Å². The van der Waals surface area contributed by atoms with Gasteiger partial charge < -0.3 is 5.11 Å². The molecule has 5 rings (SSSR count). The van der Waals surface area contributed by atoms with Crippen molar-refractivity contribution >= 4 is 7.87 Å². The molecule has 3 aliphatic heterocycles. The first-order valence-corrected chi connectivity index (χ1v) is 13.7. The van der Waals surface area contributed by atoms with Gasteiger partial charge in [-0.15, -0.1) is 14.4 Å². The Labute approximate surface area is 186 Å². The van der Waals surface area contributed by atoms with Gasteiger partial charge in [0.15, 0.2) is 0 Å². The van der Waals surface area contributed by atoms with Crippen molar-refractivity contribution in [1.82, 2.24) is 28.8 Å². The molecular formula is C23H36N6OP+. The molecule has 1 aromatic carbocycles. The Hall–Kier alpha value is -1.37. The molecule has 3 aliphatic rings. The number of aliphatic hydroxyl groups excluding tert-OH is 1. The van der Waals surface area contributed by atoms with Crippen LogP contribution in [0.3, 0.4) is 0 Å². The number of hydrogen-bond acceptors (Lipinski definition) is 6. The molecule has 2 aromatic rings. The maximum Gasteiger partial charge on any atom is 0.357 e. The van der Waals surface area contributed by atoms with Gasteiger partial charge in [0, 0.05) is 38.6 Å². The van der Waals surface area contributed by atoms with E-state index < -0.39 is 14.1 Å². The number of benzene rings is 1. The molecule has 7 nitrogen and oxygen atoms in total. The van der Waals surface area contributed by atoms with Crippen LogP contribution in [0.5, 0.6) is 0 Å². The van der Waals surface area contributed by atoms with Crippen molar-refractivity contribution in [2.75, 3.05) is 32.7 Å². The lowest BCUT2D eigenvalue weighted by Gasteiger charge is -2.43. The van der Waals surface area contributed by atoms with Gasteiger partial charge in [0.1, 0.15) is 6.23 Å². The van der Waals surface area contributed by atoms with Crippen molar-refractivity contribution in [3.8, 4) is 0 Å². The molecule has 4 heterocycles. The minimum atomic E-state index is -2.18. The molecule has 1 N–H and O–H groups in total. The molecule has 8 heteroatoms. The lowest BCUT2D eigenvalue weighted by atomic mass is 9.94. The fourth-order valence-corrected chi connectivity index (χ4v) is 10.4. The number of aliphatic hydroxyl groups is 1. The third-order valence-corrected chi connectivity index (χ3v) is 11.4. The highest BCUT2D eigenvalue weighted by molar-refractivity contribution is 7.67. The summed E-state index contributed by atoms with van der Waals surface area (Å²) in [5, 5.41) is 20.7. The normalized spacial score (nSPS) is 24.9. The molecule has 2 unspecified atom stereocenters. The molecule has 0 amide bonds. The van der Waals surface area contributed by atoms with Crippen LogP contribution in [0.15, 0.2) is 36.5 Å². The summed E-state index contributed by atoms with van der Waals surface area (Å²) in [5.41, 5.74) is 2.34. The zero-order valence-corrected chi connectivity index (χ0v) is 19.6. The van der Waals surface area contributed by atoms with Crippen LogP contribution in [0.2, 0.25) is 0 Å². The molecular weight excluding hydrogens is 407 g/mol. The van der Waals surface area contributed by atoms with E-state index in [9.17, 15) is 5.11 Å². The number of hydrogen-bond donors (Lipinski definition) is 1. The molecule has 0 bridgehead atoms. The molecule has 0 saturated carbocycles. The van der Waals surface area contributed by atoms with E-state index in [4.69, 9.17) is 10.3 Å². The largest absolute Gasteiger partial charge is 0.375 e. The molecule has 2 atom stereocenters. The van der Waals surface area contributed by atoms with E-state index in [0.29, 0.717) is 0 Å². The first-order valence-electron chi connectivity index (χ1n) is 12.1. The highest BCUT2D eigenvalue weighted by atomic mass is 31.2. The van der Waals surface area contributed by atoms with Gasteiger partial charge in [-0.25, -0.2) is 0 Å². The minimum Gasteiger partial charge on any atom is -0.375 e. The zero-order chi connectivity index (χ0) is 21.3. The summed E-state index contributed by atoms with van der Waals surface area (Å²) in [7, 11) is -2.18. The van der Waals surface area contributed by atoms with Gasteiger partial charge in [0.05, 0.1) is 11.9 Å². The standard InChI is InChI=1S/C23H36N6OP/c1-2-21(20-11-4-3-5-12-20)22-19-29(25-24-22)31(26-14-6-7-15-26,27-16-8-9-17-27)28-18-10-13-23(28)30/h3-5,11-12,19,21,23,30H,2,6-10,13-18H2,1H3/q+1. The van der Waals surface area contributed by atoms with Crippen molar-refractivity contribution in [2.24, 2.45) is 0 Å². The van der Waals surface area contributed by atoms with E-state index in [1.54, 1.807) is 0 Å². The third-order valence-electron chi connectivity index (χ3n) is 7.20. The smallest absolute Gasteiger partial charge is 0.357 e. The van der Waals surface area contributed by atoms with Crippen LogP contribution in [0.25, 0.3) is 0 Å². The molecule has 168 valence electrons. The summed E-state index contributed by atoms with van der Waals surface area (Å²) in [6.07, 6.45) is 9.62. The minimum absolute atomic E-state index is 0.248. The second kappa shape index (κ2) is 9.24. The first-order chi connectivity index (χ1) is 15.2. The molecule has 0 radical (unpaired) electrons. The quantitative estimate of drug-likeness (QED) is 0.654. The summed E-state index contributed by atoms with van der Waals surface area (Å²) in [4.78, 5) is 0. The zero-order valence-electron chi connectivity index (χ0n) is 18.7. The lowest BCUT2D eigenvalue weighted by molar-refractivity contribution is 0.0833. The summed E-state index contributed by atoms with van der Waals surface area (Å²) >= 11 is 0. The molecule has 3 saturated heterocycles. The van der Waals surface area contributed by atoms with Crippen LogP contribution >= 0.6 is 7.87 Å². The van der Waals surface area contributed by atoms with Crippen LogP contribution in [0, 0.1) is 0 Å². The highest BCUT2D eigenvalue weighted by Gasteiger charge is 2.64. The highest BCUT2D eigenvalue weighted by Crippen LogP contribution is 2.71. The Kier molecular flexibility index (Phi) is 6.40. The Morgan fingerprint density at radius 2 is 1.61 bits per heavy atom. The van der Waals surface area contributed by atoms with Gasteiger partial charge in [0.2, 0.25) is 0 Å². The Morgan fingerprint density at radius 3 is 2.16 bits per heavy atom. The third kappa shape index (κ3) is 3.75. The van der Waals surface area contributed by atoms with Crippen molar-refractivity contribution in [2.45, 2.75) is 64.0 Å².